The summed E-state index contributed by atoms with van der Waals surface area (Å²) in [4.78, 5) is 26.9. The molecule has 2 aromatic rings. The van der Waals surface area contributed by atoms with E-state index in [-0.39, 0.29) is 11.3 Å². The van der Waals surface area contributed by atoms with Gasteiger partial charge in [0.2, 0.25) is 0 Å². The summed E-state index contributed by atoms with van der Waals surface area (Å²) in [6.45, 7) is 12.4. The summed E-state index contributed by atoms with van der Waals surface area (Å²) in [5.74, 6) is 2.60. The molecule has 0 spiro atoms. The number of carbonyl (C=O) groups is 1. The Kier molecular flexibility index (Phi) is 7.53. The van der Waals surface area contributed by atoms with Gasteiger partial charge in [0.15, 0.2) is 0 Å². The Balaban J connectivity index is 1.22. The highest BCUT2D eigenvalue weighted by atomic mass is 16.1. The molecule has 4 rings (SSSR count). The highest BCUT2D eigenvalue weighted by Gasteiger charge is 2.27. The van der Waals surface area contributed by atoms with Crippen LogP contribution in [0.1, 0.15) is 80.7 Å². The van der Waals surface area contributed by atoms with Crippen LogP contribution in [0.3, 0.4) is 0 Å². The standard InChI is InChI=1S/C25H37N7O/c1-25(2,3)24-29-21(19-7-6-8-19)17-22(30-24)32-15-13-31(14-16-32)12-5-4-10-26-23(33)20-9-11-27-28-18-20/h9,11,17-19H,4-8,10,12-16H2,1-3H3,(H,26,33). The number of piperazine rings is 1. The third kappa shape index (κ3) is 6.25. The summed E-state index contributed by atoms with van der Waals surface area (Å²) < 4.78 is 0. The molecule has 0 atom stereocenters. The van der Waals surface area contributed by atoms with Crippen molar-refractivity contribution in [2.45, 2.75) is 64.2 Å². The predicted octanol–water partition coefficient (Wildman–Crippen LogP) is 3.16. The van der Waals surface area contributed by atoms with Crippen LogP contribution in [0.25, 0.3) is 0 Å². The molecular formula is C25H37N7O. The number of hydrogen-bond donors (Lipinski definition) is 1. The average molecular weight is 452 g/mol. The van der Waals surface area contributed by atoms with E-state index in [2.05, 4.69) is 52.2 Å². The fourth-order valence-electron chi connectivity index (χ4n) is 4.25. The van der Waals surface area contributed by atoms with Crippen molar-refractivity contribution in [2.24, 2.45) is 0 Å². The number of amides is 1. The summed E-state index contributed by atoms with van der Waals surface area (Å²) >= 11 is 0. The van der Waals surface area contributed by atoms with E-state index < -0.39 is 0 Å². The first-order valence-corrected chi connectivity index (χ1v) is 12.3. The van der Waals surface area contributed by atoms with Crippen molar-refractivity contribution in [1.29, 1.82) is 0 Å². The van der Waals surface area contributed by atoms with Gasteiger partial charge in [-0.2, -0.15) is 10.2 Å². The molecule has 2 fully saturated rings. The van der Waals surface area contributed by atoms with Gasteiger partial charge in [-0.15, -0.1) is 0 Å². The zero-order valence-corrected chi connectivity index (χ0v) is 20.3. The lowest BCUT2D eigenvalue weighted by Crippen LogP contribution is -2.47. The lowest BCUT2D eigenvalue weighted by atomic mass is 9.82. The molecule has 0 bridgehead atoms. The summed E-state index contributed by atoms with van der Waals surface area (Å²) in [6, 6.07) is 3.93. The van der Waals surface area contributed by atoms with E-state index in [1.54, 1.807) is 6.07 Å². The van der Waals surface area contributed by atoms with Crippen LogP contribution >= 0.6 is 0 Å². The van der Waals surface area contributed by atoms with E-state index in [0.717, 1.165) is 57.2 Å². The molecule has 0 unspecified atom stereocenters. The summed E-state index contributed by atoms with van der Waals surface area (Å²) in [7, 11) is 0. The Hall–Kier alpha value is -2.61. The first-order valence-electron chi connectivity index (χ1n) is 12.3. The maximum Gasteiger partial charge on any atom is 0.252 e. The van der Waals surface area contributed by atoms with Crippen LogP contribution in [0.2, 0.25) is 0 Å². The molecule has 2 aromatic heterocycles. The second kappa shape index (κ2) is 10.5. The maximum atomic E-state index is 12.0. The molecule has 0 radical (unpaired) electrons. The number of hydrogen-bond acceptors (Lipinski definition) is 7. The van der Waals surface area contributed by atoms with Crippen LogP contribution in [-0.4, -0.2) is 70.2 Å². The topological polar surface area (TPSA) is 87.1 Å². The van der Waals surface area contributed by atoms with Gasteiger partial charge in [-0.05, 0) is 38.3 Å². The highest BCUT2D eigenvalue weighted by molar-refractivity contribution is 5.93. The van der Waals surface area contributed by atoms with E-state index in [1.807, 2.05) is 0 Å². The fourth-order valence-corrected chi connectivity index (χ4v) is 4.25. The normalized spacial score (nSPS) is 17.6. The molecular weight excluding hydrogens is 414 g/mol. The van der Waals surface area contributed by atoms with Crippen molar-refractivity contribution >= 4 is 11.7 Å². The molecule has 1 N–H and O–H groups in total. The van der Waals surface area contributed by atoms with Crippen molar-refractivity contribution < 1.29 is 4.79 Å². The Morgan fingerprint density at radius 1 is 1.09 bits per heavy atom. The summed E-state index contributed by atoms with van der Waals surface area (Å²) in [5, 5.41) is 10.4. The van der Waals surface area contributed by atoms with E-state index in [9.17, 15) is 4.79 Å². The van der Waals surface area contributed by atoms with Crippen molar-refractivity contribution in [1.82, 2.24) is 30.4 Å². The van der Waals surface area contributed by atoms with Crippen LogP contribution < -0.4 is 10.2 Å². The Morgan fingerprint density at radius 3 is 2.52 bits per heavy atom. The lowest BCUT2D eigenvalue weighted by Gasteiger charge is -2.36. The van der Waals surface area contributed by atoms with Crippen LogP contribution in [0.4, 0.5) is 5.82 Å². The largest absolute Gasteiger partial charge is 0.354 e. The third-order valence-corrected chi connectivity index (χ3v) is 6.66. The molecule has 0 aromatic carbocycles. The monoisotopic (exact) mass is 451 g/mol. The van der Waals surface area contributed by atoms with Crippen LogP contribution in [0.15, 0.2) is 24.5 Å². The number of nitrogens with one attached hydrogen (secondary N) is 1. The fraction of sp³-hybridized carbons (Fsp3) is 0.640. The number of rotatable bonds is 8. The van der Waals surface area contributed by atoms with Gasteiger partial charge in [-0.3, -0.25) is 9.69 Å². The highest BCUT2D eigenvalue weighted by Crippen LogP contribution is 2.37. The molecule has 1 aliphatic carbocycles. The SMILES string of the molecule is CC(C)(C)c1nc(C2CCC2)cc(N2CCN(CCCCNC(=O)c3ccnnc3)CC2)n1. The van der Waals surface area contributed by atoms with E-state index in [4.69, 9.17) is 9.97 Å². The Morgan fingerprint density at radius 2 is 1.88 bits per heavy atom. The Bertz CT molecular complexity index is 916. The van der Waals surface area contributed by atoms with E-state index in [0.29, 0.717) is 18.0 Å². The number of unbranched alkanes of at least 4 members (excludes halogenated alkanes) is 1. The molecule has 8 heteroatoms. The van der Waals surface area contributed by atoms with Gasteiger partial charge in [0.05, 0.1) is 18.0 Å². The average Bonchev–Trinajstić information content (AvgIpc) is 2.78. The van der Waals surface area contributed by atoms with Crippen LogP contribution in [-0.2, 0) is 5.41 Å². The zero-order chi connectivity index (χ0) is 23.3. The van der Waals surface area contributed by atoms with Crippen molar-refractivity contribution in [2.75, 3.05) is 44.2 Å². The summed E-state index contributed by atoms with van der Waals surface area (Å²) in [6.07, 6.45) is 8.90. The molecule has 3 heterocycles. The molecule has 8 nitrogen and oxygen atoms in total. The first kappa shape index (κ1) is 23.5. The number of aromatic nitrogens is 4. The first-order chi connectivity index (χ1) is 15.9. The minimum absolute atomic E-state index is 0.0420. The molecule has 178 valence electrons. The summed E-state index contributed by atoms with van der Waals surface area (Å²) in [5.41, 5.74) is 1.75. The predicted molar refractivity (Wildman–Crippen MR) is 130 cm³/mol. The van der Waals surface area contributed by atoms with Gasteiger partial charge in [0.1, 0.15) is 11.6 Å². The van der Waals surface area contributed by atoms with Crippen LogP contribution in [0, 0.1) is 0 Å². The van der Waals surface area contributed by atoms with Crippen molar-refractivity contribution in [3.63, 3.8) is 0 Å². The maximum absolute atomic E-state index is 12.0. The second-order valence-corrected chi connectivity index (χ2v) is 10.3. The molecule has 1 amide bonds. The van der Waals surface area contributed by atoms with Gasteiger partial charge in [-0.25, -0.2) is 9.97 Å². The zero-order valence-electron chi connectivity index (χ0n) is 20.3. The van der Waals surface area contributed by atoms with Crippen LogP contribution in [0.5, 0.6) is 0 Å². The molecule has 2 aliphatic rings. The number of nitrogens with zero attached hydrogens (tertiary/aromatic N) is 6. The number of anilines is 1. The lowest BCUT2D eigenvalue weighted by molar-refractivity contribution is 0.0952. The number of carbonyl (C=O) groups excluding carboxylic acids is 1. The van der Waals surface area contributed by atoms with Crippen molar-refractivity contribution in [3.8, 4) is 0 Å². The second-order valence-electron chi connectivity index (χ2n) is 10.3. The molecule has 1 aliphatic heterocycles. The van der Waals surface area contributed by atoms with Gasteiger partial charge in [-0.1, -0.05) is 27.2 Å². The Labute approximate surface area is 197 Å². The van der Waals surface area contributed by atoms with E-state index >= 15 is 0 Å². The van der Waals surface area contributed by atoms with Gasteiger partial charge in [0, 0.05) is 55.8 Å². The van der Waals surface area contributed by atoms with Gasteiger partial charge >= 0.3 is 0 Å². The molecule has 33 heavy (non-hydrogen) atoms. The minimum Gasteiger partial charge on any atom is -0.354 e. The van der Waals surface area contributed by atoms with Gasteiger partial charge in [0.25, 0.3) is 5.91 Å². The minimum atomic E-state index is -0.0840. The van der Waals surface area contributed by atoms with E-state index in [1.165, 1.54) is 37.4 Å². The van der Waals surface area contributed by atoms with Crippen molar-refractivity contribution in [3.05, 3.63) is 41.6 Å². The quantitative estimate of drug-likeness (QED) is 0.617. The van der Waals surface area contributed by atoms with Gasteiger partial charge < -0.3 is 10.2 Å². The third-order valence-electron chi connectivity index (χ3n) is 6.66. The molecule has 1 saturated heterocycles. The molecule has 1 saturated carbocycles. The smallest absolute Gasteiger partial charge is 0.252 e.